The van der Waals surface area contributed by atoms with Gasteiger partial charge in [-0.15, -0.1) is 0 Å². The van der Waals surface area contributed by atoms with Crippen LogP contribution in [0, 0.1) is 11.3 Å². The van der Waals surface area contributed by atoms with Crippen LogP contribution in [-0.2, 0) is 15.1 Å². The van der Waals surface area contributed by atoms with E-state index in [-0.39, 0.29) is 19.8 Å². The Labute approximate surface area is 210 Å². The third-order valence-electron chi connectivity index (χ3n) is 5.13. The summed E-state index contributed by atoms with van der Waals surface area (Å²) >= 11 is 0. The quantitative estimate of drug-likeness (QED) is 0.316. The van der Waals surface area contributed by atoms with E-state index in [9.17, 15) is 10.1 Å². The van der Waals surface area contributed by atoms with Gasteiger partial charge in [0.1, 0.15) is 24.0 Å². The molecule has 0 saturated carbocycles. The number of aromatic nitrogens is 2. The van der Waals surface area contributed by atoms with Crippen LogP contribution in [0.25, 0.3) is 11.3 Å². The summed E-state index contributed by atoms with van der Waals surface area (Å²) in [4.78, 5) is 23.4. The van der Waals surface area contributed by atoms with E-state index >= 15 is 0 Å². The lowest BCUT2D eigenvalue weighted by Gasteiger charge is -2.36. The predicted molar refractivity (Wildman–Crippen MR) is 136 cm³/mol. The molecular formula is C27H29N5O4. The highest BCUT2D eigenvalue weighted by atomic mass is 16.5. The van der Waals surface area contributed by atoms with E-state index in [2.05, 4.69) is 26.3 Å². The second kappa shape index (κ2) is 11.6. The smallest absolute Gasteiger partial charge is 0.235 e. The van der Waals surface area contributed by atoms with Crippen LogP contribution in [-0.4, -0.2) is 46.5 Å². The Morgan fingerprint density at radius 1 is 1.08 bits per heavy atom. The van der Waals surface area contributed by atoms with Gasteiger partial charge in [0.05, 0.1) is 36.2 Å². The summed E-state index contributed by atoms with van der Waals surface area (Å²) in [6, 6.07) is 16.8. The molecule has 9 nitrogen and oxygen atoms in total. The molecule has 1 heterocycles. The molecule has 1 aromatic heterocycles. The van der Waals surface area contributed by atoms with Crippen molar-refractivity contribution in [3.8, 4) is 23.1 Å². The molecule has 0 fully saturated rings. The molecule has 9 heteroatoms. The highest BCUT2D eigenvalue weighted by Gasteiger charge is 2.32. The number of aliphatic hydroxyl groups excluding tert-OH is 1. The van der Waals surface area contributed by atoms with Crippen LogP contribution in [0.2, 0.25) is 0 Å². The Bertz CT molecular complexity index is 1260. The summed E-state index contributed by atoms with van der Waals surface area (Å²) in [5, 5.41) is 21.6. The van der Waals surface area contributed by atoms with Gasteiger partial charge in [-0.2, -0.15) is 5.26 Å². The topological polar surface area (TPSA) is 130 Å². The zero-order valence-corrected chi connectivity index (χ0v) is 20.8. The molecule has 0 radical (unpaired) electrons. The number of anilines is 2. The van der Waals surface area contributed by atoms with Gasteiger partial charge < -0.3 is 19.9 Å². The highest BCUT2D eigenvalue weighted by Crippen LogP contribution is 2.33. The van der Waals surface area contributed by atoms with Gasteiger partial charge in [0.15, 0.2) is 0 Å². The average molecular weight is 488 g/mol. The van der Waals surface area contributed by atoms with Crippen molar-refractivity contribution in [2.24, 2.45) is 4.99 Å². The maximum Gasteiger partial charge on any atom is 0.235 e. The van der Waals surface area contributed by atoms with Crippen LogP contribution < -0.4 is 10.1 Å². The van der Waals surface area contributed by atoms with Crippen LogP contribution in [0.5, 0.6) is 5.75 Å². The van der Waals surface area contributed by atoms with Crippen molar-refractivity contribution in [2.75, 3.05) is 25.1 Å². The summed E-state index contributed by atoms with van der Waals surface area (Å²) < 4.78 is 11.6. The Balaban J connectivity index is 1.88. The van der Waals surface area contributed by atoms with Gasteiger partial charge in [-0.05, 0) is 57.5 Å². The number of benzene rings is 2. The number of carbonyl (C=O) groups excluding carboxylic acids is 1. The third-order valence-corrected chi connectivity index (χ3v) is 5.13. The normalized spacial score (nSPS) is 12.7. The van der Waals surface area contributed by atoms with Gasteiger partial charge in [-0.1, -0.05) is 24.3 Å². The van der Waals surface area contributed by atoms with Crippen LogP contribution >= 0.6 is 0 Å². The summed E-state index contributed by atoms with van der Waals surface area (Å²) in [7, 11) is 0. The highest BCUT2D eigenvalue weighted by molar-refractivity contribution is 5.68. The number of rotatable bonds is 10. The van der Waals surface area contributed by atoms with Crippen molar-refractivity contribution in [3.63, 3.8) is 0 Å². The molecule has 2 aromatic carbocycles. The third kappa shape index (κ3) is 6.96. The van der Waals surface area contributed by atoms with E-state index in [1.54, 1.807) is 30.3 Å². The molecule has 186 valence electrons. The van der Waals surface area contributed by atoms with E-state index in [1.807, 2.05) is 52.0 Å². The number of isocyanates is 1. The lowest BCUT2D eigenvalue weighted by atomic mass is 9.92. The molecule has 0 saturated heterocycles. The maximum atomic E-state index is 10.8. The minimum Gasteiger partial charge on any atom is -0.491 e. The number of nitrogens with zero attached hydrogens (tertiary/aromatic N) is 4. The average Bonchev–Trinajstić information content (AvgIpc) is 2.86. The molecule has 0 aliphatic carbocycles. The van der Waals surface area contributed by atoms with Crippen LogP contribution in [0.4, 0.5) is 11.6 Å². The van der Waals surface area contributed by atoms with Crippen LogP contribution in [0.15, 0.2) is 59.7 Å². The van der Waals surface area contributed by atoms with E-state index in [0.717, 1.165) is 16.8 Å². The zero-order valence-electron chi connectivity index (χ0n) is 20.8. The minimum absolute atomic E-state index is 0.0572. The van der Waals surface area contributed by atoms with E-state index in [4.69, 9.17) is 14.6 Å². The molecule has 0 bridgehead atoms. The fourth-order valence-corrected chi connectivity index (χ4v) is 3.69. The number of aliphatic imine (C=N–C) groups is 1. The first-order chi connectivity index (χ1) is 17.2. The molecule has 0 aliphatic rings. The summed E-state index contributed by atoms with van der Waals surface area (Å²) in [6.45, 7) is 7.99. The molecule has 2 N–H and O–H groups in total. The van der Waals surface area contributed by atoms with E-state index in [0.29, 0.717) is 23.0 Å². The fraction of sp³-hybridized carbons (Fsp3) is 0.333. The minimum atomic E-state index is -0.836. The van der Waals surface area contributed by atoms with Gasteiger partial charge >= 0.3 is 0 Å². The molecule has 0 spiro atoms. The molecule has 0 amide bonds. The number of aliphatic hydroxyl groups is 1. The van der Waals surface area contributed by atoms with Crippen molar-refractivity contribution >= 4 is 17.7 Å². The number of nitrogens with one attached hydrogen (secondary N) is 1. The second-order valence-corrected chi connectivity index (χ2v) is 9.22. The summed E-state index contributed by atoms with van der Waals surface area (Å²) in [6.07, 6.45) is 3.06. The van der Waals surface area contributed by atoms with Gasteiger partial charge in [-0.25, -0.2) is 19.8 Å². The Hall–Kier alpha value is -4.09. The standard InChI is InChI=1S/C27H29N5O4/c1-26(2,3)36-27(4,17-29-18-34)21-7-5-19(6-8-21)24-20(15-28)16-30-25(32-24)31-22-9-11-23(12-10-22)35-14-13-33/h5-12,16,33H,13-14,17H2,1-4H3,(H,30,31,32). The molecule has 1 unspecified atom stereocenters. The lowest BCUT2D eigenvalue weighted by molar-refractivity contribution is -0.122. The van der Waals surface area contributed by atoms with Crippen molar-refractivity contribution < 1.29 is 19.4 Å². The fourth-order valence-electron chi connectivity index (χ4n) is 3.69. The Morgan fingerprint density at radius 2 is 1.78 bits per heavy atom. The number of hydrogen-bond acceptors (Lipinski definition) is 9. The maximum absolute atomic E-state index is 10.8. The number of hydrogen-bond donors (Lipinski definition) is 2. The lowest BCUT2D eigenvalue weighted by Crippen LogP contribution is -2.37. The molecule has 3 rings (SSSR count). The van der Waals surface area contributed by atoms with Crippen molar-refractivity contribution in [1.82, 2.24) is 9.97 Å². The molecular weight excluding hydrogens is 458 g/mol. The summed E-state index contributed by atoms with van der Waals surface area (Å²) in [5.41, 5.74) is 1.81. The number of nitriles is 1. The molecule has 3 aromatic rings. The van der Waals surface area contributed by atoms with Crippen molar-refractivity contribution in [3.05, 3.63) is 65.9 Å². The Kier molecular flexibility index (Phi) is 8.51. The predicted octanol–water partition coefficient (Wildman–Crippen LogP) is 4.50. The first-order valence-electron chi connectivity index (χ1n) is 11.4. The number of ether oxygens (including phenoxy) is 2. The Morgan fingerprint density at radius 3 is 2.36 bits per heavy atom. The first-order valence-corrected chi connectivity index (χ1v) is 11.4. The van der Waals surface area contributed by atoms with Crippen LogP contribution in [0.3, 0.4) is 0 Å². The molecule has 1 atom stereocenters. The molecule has 0 aliphatic heterocycles. The largest absolute Gasteiger partial charge is 0.491 e. The van der Waals surface area contributed by atoms with Gasteiger partial charge in [0.2, 0.25) is 12.0 Å². The van der Waals surface area contributed by atoms with Crippen molar-refractivity contribution in [2.45, 2.75) is 38.9 Å². The first kappa shape index (κ1) is 26.5. The van der Waals surface area contributed by atoms with E-state index < -0.39 is 11.2 Å². The van der Waals surface area contributed by atoms with Gasteiger partial charge in [-0.3, -0.25) is 0 Å². The van der Waals surface area contributed by atoms with Gasteiger partial charge in [0.25, 0.3) is 0 Å². The molecule has 36 heavy (non-hydrogen) atoms. The van der Waals surface area contributed by atoms with Crippen LogP contribution in [0.1, 0.15) is 38.8 Å². The van der Waals surface area contributed by atoms with Crippen molar-refractivity contribution in [1.29, 1.82) is 5.26 Å². The summed E-state index contributed by atoms with van der Waals surface area (Å²) in [5.74, 6) is 0.968. The zero-order chi connectivity index (χ0) is 26.2. The monoisotopic (exact) mass is 487 g/mol. The van der Waals surface area contributed by atoms with Gasteiger partial charge in [0, 0.05) is 11.3 Å². The van der Waals surface area contributed by atoms with E-state index in [1.165, 1.54) is 6.20 Å². The second-order valence-electron chi connectivity index (χ2n) is 9.22. The SMILES string of the molecule is CC(C)(C)OC(C)(CN=C=O)c1ccc(-c2nc(Nc3ccc(OCCO)cc3)ncc2C#N)cc1.